The molecule has 1 N–H and O–H groups in total. The Labute approximate surface area is 170 Å². The summed E-state index contributed by atoms with van der Waals surface area (Å²) in [5, 5.41) is 3.13. The molecule has 0 saturated carbocycles. The molecule has 2 aromatic rings. The van der Waals surface area contributed by atoms with E-state index in [0.717, 1.165) is 27.3 Å². The summed E-state index contributed by atoms with van der Waals surface area (Å²) in [6.07, 6.45) is 1.02. The highest BCUT2D eigenvalue weighted by Crippen LogP contribution is 2.33. The van der Waals surface area contributed by atoms with Crippen molar-refractivity contribution in [2.24, 2.45) is 0 Å². The van der Waals surface area contributed by atoms with E-state index in [0.29, 0.717) is 0 Å². The number of nitrogens with zero attached hydrogens (tertiary/aromatic N) is 1. The van der Waals surface area contributed by atoms with Crippen LogP contribution in [0.15, 0.2) is 36.4 Å². The fourth-order valence-electron chi connectivity index (χ4n) is 2.60. The second-order valence-corrected chi connectivity index (χ2v) is 9.17. The topological polar surface area (TPSA) is 66.5 Å². The second kappa shape index (κ2) is 8.50. The average molecular weight is 429 g/mol. The first-order valence-electron chi connectivity index (χ1n) is 8.29. The van der Waals surface area contributed by atoms with Gasteiger partial charge in [0.2, 0.25) is 15.9 Å². The van der Waals surface area contributed by atoms with Crippen LogP contribution in [0.5, 0.6) is 0 Å². The Morgan fingerprint density at radius 1 is 1.15 bits per heavy atom. The minimum atomic E-state index is -3.74. The zero-order valence-corrected chi connectivity index (χ0v) is 17.9. The number of rotatable bonds is 6. The van der Waals surface area contributed by atoms with Gasteiger partial charge in [0.15, 0.2) is 0 Å². The van der Waals surface area contributed by atoms with Crippen LogP contribution in [-0.2, 0) is 14.8 Å². The fourth-order valence-corrected chi connectivity index (χ4v) is 3.91. The van der Waals surface area contributed by atoms with Crippen LogP contribution < -0.4 is 9.62 Å². The molecule has 5 nitrogen and oxygen atoms in total. The average Bonchev–Trinajstić information content (AvgIpc) is 2.57. The van der Waals surface area contributed by atoms with Crippen LogP contribution in [0, 0.1) is 13.8 Å². The van der Waals surface area contributed by atoms with Gasteiger partial charge in [-0.3, -0.25) is 9.10 Å². The molecule has 0 fully saturated rings. The van der Waals surface area contributed by atoms with Crippen LogP contribution >= 0.6 is 23.2 Å². The molecule has 0 heterocycles. The van der Waals surface area contributed by atoms with Gasteiger partial charge < -0.3 is 5.32 Å². The summed E-state index contributed by atoms with van der Waals surface area (Å²) in [5.41, 5.74) is 3.40. The van der Waals surface area contributed by atoms with Crippen LogP contribution in [0.2, 0.25) is 10.0 Å². The molecule has 2 rings (SSSR count). The number of sulfonamides is 1. The quantitative estimate of drug-likeness (QED) is 0.747. The Morgan fingerprint density at radius 3 is 2.41 bits per heavy atom. The predicted molar refractivity (Wildman–Crippen MR) is 111 cm³/mol. The molecule has 0 unspecified atom stereocenters. The molecule has 0 bridgehead atoms. The maximum absolute atomic E-state index is 12.5. The Balaban J connectivity index is 2.21. The predicted octanol–water partition coefficient (Wildman–Crippen LogP) is 4.25. The van der Waals surface area contributed by atoms with Gasteiger partial charge in [0.1, 0.15) is 6.54 Å². The lowest BCUT2D eigenvalue weighted by atomic mass is 10.0. The first-order chi connectivity index (χ1) is 12.5. The Kier molecular flexibility index (Phi) is 6.78. The van der Waals surface area contributed by atoms with Crippen LogP contribution in [-0.4, -0.2) is 27.1 Å². The molecule has 0 aliphatic rings. The number of benzene rings is 2. The van der Waals surface area contributed by atoms with Gasteiger partial charge in [0.05, 0.1) is 28.0 Å². The molecule has 8 heteroatoms. The summed E-state index contributed by atoms with van der Waals surface area (Å²) in [6, 6.07) is 10.3. The SMILES string of the molecule is Cc1ccc([C@@H](C)NC(=O)CN(c2cccc(Cl)c2Cl)S(C)(=O)=O)cc1C. The van der Waals surface area contributed by atoms with Crippen molar-refractivity contribution in [3.63, 3.8) is 0 Å². The highest BCUT2D eigenvalue weighted by atomic mass is 35.5. The Bertz CT molecular complexity index is 961. The molecule has 0 radical (unpaired) electrons. The van der Waals surface area contributed by atoms with Gasteiger partial charge in [-0.25, -0.2) is 8.42 Å². The van der Waals surface area contributed by atoms with E-state index in [-0.39, 0.29) is 21.8 Å². The van der Waals surface area contributed by atoms with Crippen molar-refractivity contribution in [1.82, 2.24) is 5.32 Å². The minimum Gasteiger partial charge on any atom is -0.348 e. The molecule has 0 aliphatic heterocycles. The summed E-state index contributed by atoms with van der Waals surface area (Å²) >= 11 is 12.1. The number of hydrogen-bond acceptors (Lipinski definition) is 3. The van der Waals surface area contributed by atoms with Crippen molar-refractivity contribution < 1.29 is 13.2 Å². The third-order valence-corrected chi connectivity index (χ3v) is 6.23. The molecule has 0 aromatic heterocycles. The molecule has 0 aliphatic carbocycles. The standard InChI is InChI=1S/C19H22Cl2N2O3S/c1-12-8-9-15(10-13(12)2)14(3)22-18(24)11-23(27(4,25)26)17-7-5-6-16(20)19(17)21/h5-10,14H,11H2,1-4H3,(H,22,24)/t14-/m1/s1. The van der Waals surface area contributed by atoms with E-state index in [9.17, 15) is 13.2 Å². The van der Waals surface area contributed by atoms with Crippen LogP contribution in [0.25, 0.3) is 0 Å². The zero-order chi connectivity index (χ0) is 20.4. The summed E-state index contributed by atoms with van der Waals surface area (Å²) < 4.78 is 25.4. The van der Waals surface area contributed by atoms with E-state index in [1.54, 1.807) is 12.1 Å². The highest BCUT2D eigenvalue weighted by Gasteiger charge is 2.24. The first kappa shape index (κ1) is 21.5. The van der Waals surface area contributed by atoms with Gasteiger partial charge in [-0.15, -0.1) is 0 Å². The third-order valence-electron chi connectivity index (χ3n) is 4.30. The zero-order valence-electron chi connectivity index (χ0n) is 15.6. The lowest BCUT2D eigenvalue weighted by Crippen LogP contribution is -2.41. The Hall–Kier alpha value is -1.76. The second-order valence-electron chi connectivity index (χ2n) is 6.48. The summed E-state index contributed by atoms with van der Waals surface area (Å²) in [5.74, 6) is -0.442. The van der Waals surface area contributed by atoms with Gasteiger partial charge in [0, 0.05) is 0 Å². The molecule has 1 atom stereocenters. The van der Waals surface area contributed by atoms with Crippen LogP contribution in [0.3, 0.4) is 0 Å². The highest BCUT2D eigenvalue weighted by molar-refractivity contribution is 7.92. The number of nitrogens with one attached hydrogen (secondary N) is 1. The van der Waals surface area contributed by atoms with E-state index in [1.807, 2.05) is 39.0 Å². The summed E-state index contributed by atoms with van der Waals surface area (Å²) in [4.78, 5) is 12.5. The molecule has 2 aromatic carbocycles. The number of aryl methyl sites for hydroxylation is 2. The van der Waals surface area contributed by atoms with Crippen molar-refractivity contribution in [3.05, 3.63) is 63.1 Å². The third kappa shape index (κ3) is 5.37. The Morgan fingerprint density at radius 2 is 1.81 bits per heavy atom. The van der Waals surface area contributed by atoms with E-state index in [2.05, 4.69) is 5.32 Å². The van der Waals surface area contributed by atoms with Gasteiger partial charge in [0.25, 0.3) is 0 Å². The fraction of sp³-hybridized carbons (Fsp3) is 0.316. The monoisotopic (exact) mass is 428 g/mol. The van der Waals surface area contributed by atoms with E-state index < -0.39 is 22.5 Å². The minimum absolute atomic E-state index is 0.0830. The lowest BCUT2D eigenvalue weighted by Gasteiger charge is -2.24. The van der Waals surface area contributed by atoms with Gasteiger partial charge in [-0.2, -0.15) is 0 Å². The molecule has 1 amide bonds. The van der Waals surface area contributed by atoms with E-state index in [1.165, 1.54) is 6.07 Å². The number of carbonyl (C=O) groups excluding carboxylic acids is 1. The van der Waals surface area contributed by atoms with Gasteiger partial charge in [-0.1, -0.05) is 47.5 Å². The molecule has 0 spiro atoms. The lowest BCUT2D eigenvalue weighted by molar-refractivity contribution is -0.120. The summed E-state index contributed by atoms with van der Waals surface area (Å²) in [7, 11) is -3.74. The molecular formula is C19H22Cl2N2O3S. The van der Waals surface area contributed by atoms with Crippen molar-refractivity contribution >= 4 is 44.8 Å². The largest absolute Gasteiger partial charge is 0.348 e. The molecule has 146 valence electrons. The number of anilines is 1. The maximum atomic E-state index is 12.5. The normalized spacial score (nSPS) is 12.5. The van der Waals surface area contributed by atoms with E-state index >= 15 is 0 Å². The number of halogens is 2. The maximum Gasteiger partial charge on any atom is 0.241 e. The van der Waals surface area contributed by atoms with Gasteiger partial charge in [-0.05, 0) is 49.6 Å². The molecule has 0 saturated heterocycles. The van der Waals surface area contributed by atoms with Crippen LogP contribution in [0.4, 0.5) is 5.69 Å². The smallest absolute Gasteiger partial charge is 0.241 e. The first-order valence-corrected chi connectivity index (χ1v) is 10.9. The van der Waals surface area contributed by atoms with E-state index in [4.69, 9.17) is 23.2 Å². The van der Waals surface area contributed by atoms with Crippen molar-refractivity contribution in [1.29, 1.82) is 0 Å². The van der Waals surface area contributed by atoms with Gasteiger partial charge >= 0.3 is 0 Å². The molecule has 27 heavy (non-hydrogen) atoms. The molecular weight excluding hydrogens is 407 g/mol. The van der Waals surface area contributed by atoms with Crippen molar-refractivity contribution in [2.45, 2.75) is 26.8 Å². The number of hydrogen-bond donors (Lipinski definition) is 1. The van der Waals surface area contributed by atoms with Crippen molar-refractivity contribution in [3.8, 4) is 0 Å². The van der Waals surface area contributed by atoms with Crippen LogP contribution in [0.1, 0.15) is 29.7 Å². The van der Waals surface area contributed by atoms with Crippen molar-refractivity contribution in [2.75, 3.05) is 17.1 Å². The number of carbonyl (C=O) groups is 1. The number of amides is 1. The summed E-state index contributed by atoms with van der Waals surface area (Å²) in [6.45, 7) is 5.47.